The Morgan fingerprint density at radius 2 is 1.77 bits per heavy atom. The molecule has 1 aliphatic rings. The van der Waals surface area contributed by atoms with E-state index in [0.717, 1.165) is 6.42 Å². The summed E-state index contributed by atoms with van der Waals surface area (Å²) in [6, 6.07) is 12.2. The van der Waals surface area contributed by atoms with Crippen molar-refractivity contribution in [3.05, 3.63) is 65.5 Å². The Kier molecular flexibility index (Phi) is 7.17. The first-order chi connectivity index (χ1) is 14.5. The molecule has 1 aliphatic heterocycles. The van der Waals surface area contributed by atoms with E-state index in [1.807, 2.05) is 6.92 Å². The number of rotatable bonds is 6. The molecule has 3 rings (SSSR count). The summed E-state index contributed by atoms with van der Waals surface area (Å²) in [6.07, 6.45) is 1.83. The zero-order valence-electron chi connectivity index (χ0n) is 16.9. The van der Waals surface area contributed by atoms with Crippen LogP contribution >= 0.6 is 0 Å². The highest BCUT2D eigenvalue weighted by Gasteiger charge is 2.28. The summed E-state index contributed by atoms with van der Waals surface area (Å²) in [5.74, 6) is -1.38. The van der Waals surface area contributed by atoms with E-state index in [1.54, 1.807) is 35.2 Å². The van der Waals surface area contributed by atoms with Crippen LogP contribution < -0.4 is 5.32 Å². The van der Waals surface area contributed by atoms with Crippen molar-refractivity contribution in [1.29, 1.82) is 0 Å². The summed E-state index contributed by atoms with van der Waals surface area (Å²) in [5.41, 5.74) is 1.35. The van der Waals surface area contributed by atoms with E-state index in [0.29, 0.717) is 49.4 Å². The van der Waals surface area contributed by atoms with Crippen molar-refractivity contribution in [1.82, 2.24) is 4.90 Å². The van der Waals surface area contributed by atoms with E-state index in [9.17, 15) is 18.8 Å². The molecule has 0 bridgehead atoms. The topological polar surface area (TPSA) is 75.7 Å². The monoisotopic (exact) mass is 412 g/mol. The first-order valence-corrected chi connectivity index (χ1v) is 10.1. The van der Waals surface area contributed by atoms with Crippen LogP contribution in [0.15, 0.2) is 48.5 Å². The standard InChI is InChI=1S/C23H25FN2O4/c1-2-14-30-23(29)17-6-8-20(9-7-17)25-21(27)16-10-12-26(13-11-16)22(28)18-4-3-5-19(24)15-18/h3-9,15-16H,2,10-14H2,1H3,(H,25,27). The van der Waals surface area contributed by atoms with Crippen molar-refractivity contribution >= 4 is 23.5 Å². The highest BCUT2D eigenvalue weighted by molar-refractivity contribution is 5.96. The molecule has 1 N–H and O–H groups in total. The number of amides is 2. The minimum absolute atomic E-state index is 0.117. The van der Waals surface area contributed by atoms with Gasteiger partial charge in [-0.25, -0.2) is 9.18 Å². The van der Waals surface area contributed by atoms with Crippen molar-refractivity contribution in [3.8, 4) is 0 Å². The summed E-state index contributed by atoms with van der Waals surface area (Å²) in [5, 5.41) is 2.86. The molecule has 6 nitrogen and oxygen atoms in total. The molecule has 0 aromatic heterocycles. The summed E-state index contributed by atoms with van der Waals surface area (Å²) in [7, 11) is 0. The van der Waals surface area contributed by atoms with Crippen LogP contribution in [0, 0.1) is 11.7 Å². The highest BCUT2D eigenvalue weighted by Crippen LogP contribution is 2.21. The van der Waals surface area contributed by atoms with Crippen LogP contribution in [-0.4, -0.2) is 42.4 Å². The van der Waals surface area contributed by atoms with Crippen molar-refractivity contribution < 1.29 is 23.5 Å². The molecule has 7 heteroatoms. The van der Waals surface area contributed by atoms with E-state index in [-0.39, 0.29) is 23.7 Å². The molecule has 2 aromatic rings. The SMILES string of the molecule is CCCOC(=O)c1ccc(NC(=O)C2CCN(C(=O)c3cccc(F)c3)CC2)cc1. The fourth-order valence-electron chi connectivity index (χ4n) is 3.36. The number of anilines is 1. The molecule has 30 heavy (non-hydrogen) atoms. The number of benzene rings is 2. The van der Waals surface area contributed by atoms with Gasteiger partial charge in [-0.1, -0.05) is 13.0 Å². The molecule has 1 saturated heterocycles. The largest absolute Gasteiger partial charge is 0.462 e. The zero-order chi connectivity index (χ0) is 21.5. The van der Waals surface area contributed by atoms with Gasteiger partial charge < -0.3 is 15.0 Å². The van der Waals surface area contributed by atoms with E-state index < -0.39 is 5.82 Å². The van der Waals surface area contributed by atoms with Crippen LogP contribution in [0.4, 0.5) is 10.1 Å². The number of carbonyl (C=O) groups excluding carboxylic acids is 3. The van der Waals surface area contributed by atoms with Gasteiger partial charge in [0.1, 0.15) is 5.82 Å². The van der Waals surface area contributed by atoms with Crippen molar-refractivity contribution in [2.45, 2.75) is 26.2 Å². The van der Waals surface area contributed by atoms with E-state index in [2.05, 4.69) is 5.32 Å². The molecule has 2 amide bonds. The number of halogens is 1. The Morgan fingerprint density at radius 1 is 1.07 bits per heavy atom. The number of likely N-dealkylation sites (tertiary alicyclic amines) is 1. The van der Waals surface area contributed by atoms with Crippen LogP contribution in [0.5, 0.6) is 0 Å². The third-order valence-corrected chi connectivity index (χ3v) is 5.05. The first kappa shape index (κ1) is 21.5. The molecule has 2 aromatic carbocycles. The van der Waals surface area contributed by atoms with Crippen molar-refractivity contribution in [2.75, 3.05) is 25.0 Å². The van der Waals surface area contributed by atoms with E-state index in [1.165, 1.54) is 18.2 Å². The second kappa shape index (κ2) is 10.0. The predicted molar refractivity (Wildman–Crippen MR) is 111 cm³/mol. The van der Waals surface area contributed by atoms with Crippen LogP contribution in [0.1, 0.15) is 46.9 Å². The first-order valence-electron chi connectivity index (χ1n) is 10.1. The fourth-order valence-corrected chi connectivity index (χ4v) is 3.36. The summed E-state index contributed by atoms with van der Waals surface area (Å²) < 4.78 is 18.4. The number of esters is 1. The maximum Gasteiger partial charge on any atom is 0.338 e. The van der Waals surface area contributed by atoms with E-state index in [4.69, 9.17) is 4.74 Å². The Balaban J connectivity index is 1.50. The van der Waals surface area contributed by atoms with Gasteiger partial charge >= 0.3 is 5.97 Å². The Bertz CT molecular complexity index is 906. The number of nitrogens with zero attached hydrogens (tertiary/aromatic N) is 1. The molecule has 0 unspecified atom stereocenters. The minimum Gasteiger partial charge on any atom is -0.462 e. The van der Waals surface area contributed by atoms with Crippen molar-refractivity contribution in [3.63, 3.8) is 0 Å². The van der Waals surface area contributed by atoms with Crippen LogP contribution in [0.2, 0.25) is 0 Å². The molecule has 0 saturated carbocycles. The summed E-state index contributed by atoms with van der Waals surface area (Å²) in [4.78, 5) is 38.5. The molecule has 158 valence electrons. The number of carbonyl (C=O) groups is 3. The normalized spacial score (nSPS) is 14.3. The lowest BCUT2D eigenvalue weighted by atomic mass is 9.95. The quantitative estimate of drug-likeness (QED) is 0.731. The Hall–Kier alpha value is -3.22. The number of ether oxygens (including phenoxy) is 1. The molecule has 0 spiro atoms. The summed E-state index contributed by atoms with van der Waals surface area (Å²) in [6.45, 7) is 3.18. The number of hydrogen-bond acceptors (Lipinski definition) is 4. The fraction of sp³-hybridized carbons (Fsp3) is 0.348. The van der Waals surface area contributed by atoms with Gasteiger partial charge in [-0.3, -0.25) is 9.59 Å². The Labute approximate surface area is 175 Å². The summed E-state index contributed by atoms with van der Waals surface area (Å²) >= 11 is 0. The minimum atomic E-state index is -0.445. The van der Waals surface area contributed by atoms with Gasteiger partial charge in [0, 0.05) is 30.3 Å². The molecule has 0 atom stereocenters. The number of nitrogens with one attached hydrogen (secondary N) is 1. The second-order valence-electron chi connectivity index (χ2n) is 7.28. The average molecular weight is 412 g/mol. The smallest absolute Gasteiger partial charge is 0.338 e. The molecule has 0 aliphatic carbocycles. The van der Waals surface area contributed by atoms with Crippen LogP contribution in [-0.2, 0) is 9.53 Å². The molecular formula is C23H25FN2O4. The molecule has 0 radical (unpaired) electrons. The lowest BCUT2D eigenvalue weighted by Gasteiger charge is -2.31. The predicted octanol–water partition coefficient (Wildman–Crippen LogP) is 3.88. The van der Waals surface area contributed by atoms with Gasteiger partial charge in [0.05, 0.1) is 12.2 Å². The maximum atomic E-state index is 13.3. The lowest BCUT2D eigenvalue weighted by Crippen LogP contribution is -2.41. The van der Waals surface area contributed by atoms with Gasteiger partial charge in [-0.05, 0) is 61.7 Å². The lowest BCUT2D eigenvalue weighted by molar-refractivity contribution is -0.121. The number of hydrogen-bond donors (Lipinski definition) is 1. The molecular weight excluding hydrogens is 387 g/mol. The zero-order valence-corrected chi connectivity index (χ0v) is 16.9. The highest BCUT2D eigenvalue weighted by atomic mass is 19.1. The molecule has 1 heterocycles. The van der Waals surface area contributed by atoms with Crippen LogP contribution in [0.25, 0.3) is 0 Å². The van der Waals surface area contributed by atoms with Gasteiger partial charge in [0.25, 0.3) is 5.91 Å². The van der Waals surface area contributed by atoms with Gasteiger partial charge in [0.15, 0.2) is 0 Å². The third kappa shape index (κ3) is 5.43. The molecule has 1 fully saturated rings. The Morgan fingerprint density at radius 3 is 2.40 bits per heavy atom. The van der Waals surface area contributed by atoms with Crippen LogP contribution in [0.3, 0.4) is 0 Å². The average Bonchev–Trinajstić information content (AvgIpc) is 2.77. The van der Waals surface area contributed by atoms with Gasteiger partial charge in [-0.2, -0.15) is 0 Å². The van der Waals surface area contributed by atoms with Gasteiger partial charge in [0.2, 0.25) is 5.91 Å². The second-order valence-corrected chi connectivity index (χ2v) is 7.28. The van der Waals surface area contributed by atoms with E-state index >= 15 is 0 Å². The number of piperidine rings is 1. The third-order valence-electron chi connectivity index (χ3n) is 5.05. The van der Waals surface area contributed by atoms with Gasteiger partial charge in [-0.15, -0.1) is 0 Å². The maximum absolute atomic E-state index is 13.3. The van der Waals surface area contributed by atoms with Crippen molar-refractivity contribution in [2.24, 2.45) is 5.92 Å².